The van der Waals surface area contributed by atoms with Crippen molar-refractivity contribution in [3.8, 4) is 0 Å². The number of Topliss-reactive ketones (excluding diaryl/α,β-unsaturated/α-hetero) is 1. The summed E-state index contributed by atoms with van der Waals surface area (Å²) in [6, 6.07) is 0. The molecule has 3 saturated carbocycles. The second-order valence-electron chi connectivity index (χ2n) is 10.9. The maximum absolute atomic E-state index is 13.5. The van der Waals surface area contributed by atoms with Crippen LogP contribution in [0.3, 0.4) is 0 Å². The van der Waals surface area contributed by atoms with Crippen LogP contribution in [0.25, 0.3) is 0 Å². The summed E-state index contributed by atoms with van der Waals surface area (Å²) in [6.07, 6.45) is 15.7. The number of hydrogen-bond acceptors (Lipinski definition) is 3. The van der Waals surface area contributed by atoms with E-state index >= 15 is 0 Å². The normalized spacial score (nSPS) is 47.4. The van der Waals surface area contributed by atoms with Gasteiger partial charge in [-0.2, -0.15) is 0 Å². The summed E-state index contributed by atoms with van der Waals surface area (Å²) in [4.78, 5) is 15.9. The van der Waals surface area contributed by atoms with E-state index in [0.29, 0.717) is 23.5 Å². The maximum atomic E-state index is 13.5. The number of nitrogens with zero attached hydrogens (tertiary/aromatic N) is 1. The Morgan fingerprint density at radius 3 is 2.57 bits per heavy atom. The second-order valence-corrected chi connectivity index (χ2v) is 10.9. The van der Waals surface area contributed by atoms with Gasteiger partial charge in [0.25, 0.3) is 0 Å². The average molecular weight is 384 g/mol. The highest BCUT2D eigenvalue weighted by Crippen LogP contribution is 2.64. The van der Waals surface area contributed by atoms with Crippen LogP contribution in [0.1, 0.15) is 78.1 Å². The fourth-order valence-electron chi connectivity index (χ4n) is 7.70. The van der Waals surface area contributed by atoms with E-state index in [1.165, 1.54) is 31.3 Å². The number of aliphatic hydroxyl groups is 1. The number of fused-ring (bicyclic) bond motifs is 5. The monoisotopic (exact) mass is 383 g/mol. The number of allylic oxidation sites excluding steroid dienone is 2. The van der Waals surface area contributed by atoms with Crippen LogP contribution in [0.2, 0.25) is 0 Å². The first kappa shape index (κ1) is 18.9. The van der Waals surface area contributed by atoms with Gasteiger partial charge in [-0.05, 0) is 87.4 Å². The highest BCUT2D eigenvalue weighted by molar-refractivity contribution is 6.02. The Morgan fingerprint density at radius 2 is 1.79 bits per heavy atom. The molecule has 3 nitrogen and oxygen atoms in total. The topological polar surface area (TPSA) is 40.5 Å². The summed E-state index contributed by atoms with van der Waals surface area (Å²) in [7, 11) is 0. The molecule has 6 atom stereocenters. The van der Waals surface area contributed by atoms with Crippen molar-refractivity contribution >= 4 is 5.78 Å². The molecule has 1 N–H and O–H groups in total. The summed E-state index contributed by atoms with van der Waals surface area (Å²) >= 11 is 0. The largest absolute Gasteiger partial charge is 0.393 e. The van der Waals surface area contributed by atoms with Crippen LogP contribution in [0.4, 0.5) is 0 Å². The van der Waals surface area contributed by atoms with Gasteiger partial charge in [-0.1, -0.05) is 25.5 Å². The molecule has 3 heteroatoms. The van der Waals surface area contributed by atoms with Gasteiger partial charge in [0.05, 0.1) is 6.10 Å². The van der Waals surface area contributed by atoms with E-state index < -0.39 is 0 Å². The molecule has 1 saturated heterocycles. The highest BCUT2D eigenvalue weighted by Gasteiger charge is 2.59. The molecular formula is C25H37NO2. The third kappa shape index (κ3) is 2.75. The molecular weight excluding hydrogens is 346 g/mol. The molecule has 28 heavy (non-hydrogen) atoms. The minimum absolute atomic E-state index is 0.140. The summed E-state index contributed by atoms with van der Waals surface area (Å²) in [5.74, 6) is 2.30. The van der Waals surface area contributed by atoms with E-state index in [9.17, 15) is 9.90 Å². The fraction of sp³-hybridized carbons (Fsp3) is 0.800. The second kappa shape index (κ2) is 6.72. The van der Waals surface area contributed by atoms with Crippen LogP contribution in [-0.4, -0.2) is 35.0 Å². The lowest BCUT2D eigenvalue weighted by atomic mass is 9.48. The van der Waals surface area contributed by atoms with Gasteiger partial charge in [0.15, 0.2) is 5.78 Å². The molecule has 5 rings (SSSR count). The molecule has 0 aromatic heterocycles. The van der Waals surface area contributed by atoms with Gasteiger partial charge in [0, 0.05) is 30.3 Å². The molecule has 0 amide bonds. The number of likely N-dealkylation sites (tertiary alicyclic amines) is 1. The lowest BCUT2D eigenvalue weighted by molar-refractivity contribution is -0.130. The Morgan fingerprint density at radius 1 is 1.04 bits per heavy atom. The molecule has 4 aliphatic carbocycles. The zero-order valence-corrected chi connectivity index (χ0v) is 17.8. The highest BCUT2D eigenvalue weighted by atomic mass is 16.3. The maximum Gasteiger partial charge on any atom is 0.166 e. The molecule has 0 spiro atoms. The van der Waals surface area contributed by atoms with Crippen molar-refractivity contribution in [1.82, 2.24) is 4.90 Å². The lowest BCUT2D eigenvalue weighted by Gasteiger charge is -2.56. The smallest absolute Gasteiger partial charge is 0.166 e. The predicted octanol–water partition coefficient (Wildman–Crippen LogP) is 4.86. The third-order valence-electron chi connectivity index (χ3n) is 9.45. The van der Waals surface area contributed by atoms with Crippen LogP contribution in [0.15, 0.2) is 23.4 Å². The van der Waals surface area contributed by atoms with Crippen molar-refractivity contribution in [3.05, 3.63) is 23.4 Å². The van der Waals surface area contributed by atoms with Crippen LogP contribution in [0.5, 0.6) is 0 Å². The van der Waals surface area contributed by atoms with Crippen molar-refractivity contribution in [2.24, 2.45) is 28.6 Å². The first-order valence-electron chi connectivity index (χ1n) is 11.8. The van der Waals surface area contributed by atoms with Crippen LogP contribution < -0.4 is 0 Å². The molecule has 5 aliphatic rings. The zero-order chi connectivity index (χ0) is 19.5. The van der Waals surface area contributed by atoms with E-state index in [4.69, 9.17) is 0 Å². The quantitative estimate of drug-likeness (QED) is 0.519. The number of rotatable bonds is 1. The summed E-state index contributed by atoms with van der Waals surface area (Å²) in [5, 5.41) is 10.2. The average Bonchev–Trinajstić information content (AvgIpc) is 2.94. The van der Waals surface area contributed by atoms with Crippen molar-refractivity contribution in [3.63, 3.8) is 0 Å². The Hall–Kier alpha value is -1.09. The van der Waals surface area contributed by atoms with E-state index in [1.54, 1.807) is 0 Å². The minimum atomic E-state index is -0.142. The van der Waals surface area contributed by atoms with Crippen molar-refractivity contribution in [1.29, 1.82) is 0 Å². The first-order valence-corrected chi connectivity index (χ1v) is 11.8. The number of ketones is 1. The van der Waals surface area contributed by atoms with Crippen molar-refractivity contribution < 1.29 is 9.90 Å². The standard InChI is InChI=1S/C25H37NO2/c1-24-10-8-19(27)15-18(24)6-7-20-21(24)9-11-25(2)22(20)14-17(23(25)28)16-26-12-4-3-5-13-26/h6,16,19-22,27H,3-5,7-15H2,1-2H3/b17-16-. The van der Waals surface area contributed by atoms with Gasteiger partial charge in [0.2, 0.25) is 0 Å². The van der Waals surface area contributed by atoms with Crippen LogP contribution in [0, 0.1) is 28.6 Å². The Bertz CT molecular complexity index is 718. The molecule has 6 unspecified atom stereocenters. The van der Waals surface area contributed by atoms with Gasteiger partial charge in [-0.25, -0.2) is 0 Å². The lowest BCUT2D eigenvalue weighted by Crippen LogP contribution is -2.50. The van der Waals surface area contributed by atoms with Gasteiger partial charge < -0.3 is 10.0 Å². The molecule has 154 valence electrons. The molecule has 0 bridgehead atoms. The van der Waals surface area contributed by atoms with E-state index in [1.807, 2.05) is 0 Å². The summed E-state index contributed by atoms with van der Waals surface area (Å²) in [6.45, 7) is 6.98. The Balaban J connectivity index is 1.43. The first-order chi connectivity index (χ1) is 13.4. The summed E-state index contributed by atoms with van der Waals surface area (Å²) < 4.78 is 0. The Kier molecular flexibility index (Phi) is 4.54. The molecule has 0 radical (unpaired) electrons. The fourth-order valence-corrected chi connectivity index (χ4v) is 7.70. The molecule has 0 aromatic carbocycles. The van der Waals surface area contributed by atoms with Crippen molar-refractivity contribution in [2.45, 2.75) is 84.2 Å². The zero-order valence-electron chi connectivity index (χ0n) is 17.8. The number of carbonyl (C=O) groups is 1. The van der Waals surface area contributed by atoms with Crippen LogP contribution >= 0.6 is 0 Å². The molecule has 1 heterocycles. The van der Waals surface area contributed by atoms with Gasteiger partial charge in [0.1, 0.15) is 0 Å². The summed E-state index contributed by atoms with van der Waals surface area (Å²) in [5.41, 5.74) is 2.75. The number of piperidine rings is 1. The molecule has 1 aliphatic heterocycles. The van der Waals surface area contributed by atoms with E-state index in [-0.39, 0.29) is 16.9 Å². The Labute approximate surface area is 170 Å². The van der Waals surface area contributed by atoms with Crippen molar-refractivity contribution in [2.75, 3.05) is 13.1 Å². The van der Waals surface area contributed by atoms with Gasteiger partial charge in [-0.15, -0.1) is 0 Å². The van der Waals surface area contributed by atoms with E-state index in [2.05, 4.69) is 31.0 Å². The third-order valence-corrected chi connectivity index (χ3v) is 9.45. The number of hydrogen-bond donors (Lipinski definition) is 1. The molecule has 4 fully saturated rings. The van der Waals surface area contributed by atoms with E-state index in [0.717, 1.165) is 57.2 Å². The van der Waals surface area contributed by atoms with Gasteiger partial charge >= 0.3 is 0 Å². The van der Waals surface area contributed by atoms with Gasteiger partial charge in [-0.3, -0.25) is 4.79 Å². The molecule has 0 aromatic rings. The number of aliphatic hydroxyl groups excluding tert-OH is 1. The minimum Gasteiger partial charge on any atom is -0.393 e. The number of carbonyl (C=O) groups excluding carboxylic acids is 1. The predicted molar refractivity (Wildman–Crippen MR) is 112 cm³/mol. The van der Waals surface area contributed by atoms with Crippen LogP contribution in [-0.2, 0) is 4.79 Å². The SMILES string of the molecule is CC12CCC3C(CC=C4CC(O)CCC43C)C1C/C(=C/N1CCCCC1)C2=O.